The second kappa shape index (κ2) is 10.0. The van der Waals surface area contributed by atoms with Crippen LogP contribution in [0.3, 0.4) is 0 Å². The minimum Gasteiger partial charge on any atom is -0.501 e. The van der Waals surface area contributed by atoms with Crippen LogP contribution in [0.2, 0.25) is 0 Å². The summed E-state index contributed by atoms with van der Waals surface area (Å²) in [6.07, 6.45) is 5.65. The molecule has 12 heavy (non-hydrogen) atoms. The first-order valence-corrected chi connectivity index (χ1v) is 4.22. The molecule has 0 N–H and O–H groups in total. The van der Waals surface area contributed by atoms with Gasteiger partial charge in [-0.2, -0.15) is 0 Å². The lowest BCUT2D eigenvalue weighted by Gasteiger charge is -1.96. The molecule has 0 spiro atoms. The van der Waals surface area contributed by atoms with Crippen molar-refractivity contribution in [2.24, 2.45) is 0 Å². The summed E-state index contributed by atoms with van der Waals surface area (Å²) in [4.78, 5) is 0. The highest BCUT2D eigenvalue weighted by Crippen LogP contribution is 2.01. The Bertz CT molecular complexity index is 164. The molecule has 0 saturated heterocycles. The smallest absolute Gasteiger partial charge is 0.0927 e. The van der Waals surface area contributed by atoms with E-state index < -0.39 is 0 Å². The highest BCUT2D eigenvalue weighted by atomic mass is 16.5. The second-order valence-corrected chi connectivity index (χ2v) is 2.11. The molecule has 70 valence electrons. The Kier molecular flexibility index (Phi) is 11.4. The third-order valence-electron chi connectivity index (χ3n) is 1.13. The molecule has 0 unspecified atom stereocenters. The summed E-state index contributed by atoms with van der Waals surface area (Å²) in [5.41, 5.74) is 1.15. The Hall–Kier alpha value is -0.980. The van der Waals surface area contributed by atoms with E-state index in [2.05, 4.69) is 6.58 Å². The van der Waals surface area contributed by atoms with Crippen molar-refractivity contribution in [3.8, 4) is 0 Å². The van der Waals surface area contributed by atoms with E-state index in [1.807, 2.05) is 39.8 Å². The molecule has 0 aromatic rings. The maximum absolute atomic E-state index is 4.95. The molecule has 1 nitrogen and oxygen atoms in total. The van der Waals surface area contributed by atoms with Gasteiger partial charge in [0.05, 0.1) is 12.9 Å². The van der Waals surface area contributed by atoms with Crippen molar-refractivity contribution in [3.63, 3.8) is 0 Å². The van der Waals surface area contributed by atoms with Crippen molar-refractivity contribution in [1.29, 1.82) is 0 Å². The first-order chi connectivity index (χ1) is 5.70. The first-order valence-electron chi connectivity index (χ1n) is 4.22. The van der Waals surface area contributed by atoms with Crippen LogP contribution >= 0.6 is 0 Å². The van der Waals surface area contributed by atoms with E-state index in [0.29, 0.717) is 0 Å². The van der Waals surface area contributed by atoms with Gasteiger partial charge in [0.1, 0.15) is 0 Å². The lowest BCUT2D eigenvalue weighted by atomic mass is 10.2. The summed E-state index contributed by atoms with van der Waals surface area (Å²) < 4.78 is 4.95. The number of hydrogen-bond acceptors (Lipinski definition) is 1. The molecule has 1 heteroatoms. The van der Waals surface area contributed by atoms with Gasteiger partial charge in [0.25, 0.3) is 0 Å². The molecule has 0 aliphatic heterocycles. The molecular formula is C11H20O. The van der Waals surface area contributed by atoms with Gasteiger partial charge in [-0.05, 0) is 25.5 Å². The molecule has 0 fully saturated rings. The molecule has 0 aliphatic carbocycles. The van der Waals surface area contributed by atoms with Gasteiger partial charge in [0.2, 0.25) is 0 Å². The number of hydrogen-bond donors (Lipinski definition) is 0. The molecular weight excluding hydrogens is 148 g/mol. The Labute approximate surface area is 76.4 Å². The number of ether oxygens (including phenoxy) is 1. The number of allylic oxidation sites excluding steroid dienone is 5. The zero-order chi connectivity index (χ0) is 9.98. The van der Waals surface area contributed by atoms with Crippen LogP contribution in [0.1, 0.15) is 27.7 Å². The zero-order valence-electron chi connectivity index (χ0n) is 8.85. The number of rotatable bonds is 3. The van der Waals surface area contributed by atoms with E-state index in [-0.39, 0.29) is 0 Å². The van der Waals surface area contributed by atoms with Gasteiger partial charge in [-0.15, -0.1) is 0 Å². The summed E-state index contributed by atoms with van der Waals surface area (Å²) in [6, 6.07) is 0. The van der Waals surface area contributed by atoms with Crippen LogP contribution in [0.4, 0.5) is 0 Å². The van der Waals surface area contributed by atoms with Crippen LogP contribution in [0, 0.1) is 0 Å². The Morgan fingerprint density at radius 2 is 1.75 bits per heavy atom. The highest BCUT2D eigenvalue weighted by molar-refractivity contribution is 5.21. The topological polar surface area (TPSA) is 9.23 Å². The fourth-order valence-corrected chi connectivity index (χ4v) is 0.614. The summed E-state index contributed by atoms with van der Waals surface area (Å²) in [5, 5.41) is 0. The molecule has 0 aromatic carbocycles. The highest BCUT2D eigenvalue weighted by Gasteiger charge is 1.83. The van der Waals surface area contributed by atoms with Crippen LogP contribution in [-0.2, 0) is 4.74 Å². The molecule has 0 heterocycles. The Morgan fingerprint density at radius 3 is 2.08 bits per heavy atom. The molecule has 0 aliphatic rings. The van der Waals surface area contributed by atoms with E-state index in [4.69, 9.17) is 4.74 Å². The largest absolute Gasteiger partial charge is 0.501 e. The van der Waals surface area contributed by atoms with Crippen molar-refractivity contribution in [1.82, 2.24) is 0 Å². The van der Waals surface area contributed by atoms with Gasteiger partial charge in [-0.1, -0.05) is 32.6 Å². The lowest BCUT2D eigenvalue weighted by molar-refractivity contribution is 0.293. The van der Waals surface area contributed by atoms with Crippen molar-refractivity contribution in [2.45, 2.75) is 27.7 Å². The standard InChI is InChI=1S/C9H14O.C2H6/c1-5-6-8(2)7-9(3)10-4;1-2/h5-7H,1H2,2-4H3;1-2H3/b8-6-,9-7+;. The summed E-state index contributed by atoms with van der Waals surface area (Å²) in [7, 11) is 1.66. The second-order valence-electron chi connectivity index (χ2n) is 2.11. The van der Waals surface area contributed by atoms with E-state index >= 15 is 0 Å². The van der Waals surface area contributed by atoms with Gasteiger partial charge < -0.3 is 4.74 Å². The van der Waals surface area contributed by atoms with Crippen LogP contribution < -0.4 is 0 Å². The minimum atomic E-state index is 0.913. The third kappa shape index (κ3) is 9.02. The van der Waals surface area contributed by atoms with Crippen molar-refractivity contribution in [2.75, 3.05) is 7.11 Å². The average molecular weight is 168 g/mol. The first kappa shape index (κ1) is 13.6. The van der Waals surface area contributed by atoms with Gasteiger partial charge >= 0.3 is 0 Å². The third-order valence-corrected chi connectivity index (χ3v) is 1.13. The van der Waals surface area contributed by atoms with Gasteiger partial charge in [-0.25, -0.2) is 0 Å². The normalized spacial score (nSPS) is 11.4. The van der Waals surface area contributed by atoms with Gasteiger partial charge in [0, 0.05) is 0 Å². The molecule has 0 bridgehead atoms. The molecule has 0 saturated carbocycles. The summed E-state index contributed by atoms with van der Waals surface area (Å²) in [6.45, 7) is 11.5. The predicted octanol–water partition coefficient (Wildman–Crippen LogP) is 3.70. The van der Waals surface area contributed by atoms with Gasteiger partial charge in [0.15, 0.2) is 0 Å². The Balaban J connectivity index is 0. The van der Waals surface area contributed by atoms with E-state index in [1.54, 1.807) is 13.2 Å². The van der Waals surface area contributed by atoms with Crippen LogP contribution in [0.15, 0.2) is 36.1 Å². The summed E-state index contributed by atoms with van der Waals surface area (Å²) >= 11 is 0. The maximum Gasteiger partial charge on any atom is 0.0927 e. The van der Waals surface area contributed by atoms with Crippen molar-refractivity contribution >= 4 is 0 Å². The number of methoxy groups -OCH3 is 1. The molecule has 0 amide bonds. The lowest BCUT2D eigenvalue weighted by Crippen LogP contribution is -1.79. The van der Waals surface area contributed by atoms with Crippen LogP contribution in [0.25, 0.3) is 0 Å². The average Bonchev–Trinajstić information content (AvgIpc) is 2.08. The minimum absolute atomic E-state index is 0.913. The quantitative estimate of drug-likeness (QED) is 0.461. The molecule has 0 aromatic heterocycles. The van der Waals surface area contributed by atoms with Crippen LogP contribution in [-0.4, -0.2) is 7.11 Å². The van der Waals surface area contributed by atoms with Crippen molar-refractivity contribution < 1.29 is 4.74 Å². The molecule has 0 rings (SSSR count). The zero-order valence-corrected chi connectivity index (χ0v) is 8.85. The SMILES string of the molecule is C=C/C=C(C)\C=C(/C)OC.CC. The van der Waals surface area contributed by atoms with E-state index in [0.717, 1.165) is 11.3 Å². The maximum atomic E-state index is 4.95. The van der Waals surface area contributed by atoms with E-state index in [1.165, 1.54) is 0 Å². The fourth-order valence-electron chi connectivity index (χ4n) is 0.614. The van der Waals surface area contributed by atoms with E-state index in [9.17, 15) is 0 Å². The van der Waals surface area contributed by atoms with Gasteiger partial charge in [-0.3, -0.25) is 0 Å². The fraction of sp³-hybridized carbons (Fsp3) is 0.455. The monoisotopic (exact) mass is 168 g/mol. The Morgan fingerprint density at radius 1 is 1.25 bits per heavy atom. The summed E-state index contributed by atoms with van der Waals surface area (Å²) in [5.74, 6) is 0.913. The van der Waals surface area contributed by atoms with Crippen molar-refractivity contribution in [3.05, 3.63) is 36.1 Å². The molecule has 0 atom stereocenters. The van der Waals surface area contributed by atoms with Crippen LogP contribution in [0.5, 0.6) is 0 Å². The molecule has 0 radical (unpaired) electrons. The predicted molar refractivity (Wildman–Crippen MR) is 56.1 cm³/mol.